The summed E-state index contributed by atoms with van der Waals surface area (Å²) in [5.74, 6) is 0.915. The zero-order valence-corrected chi connectivity index (χ0v) is 12.0. The van der Waals surface area contributed by atoms with E-state index in [1.807, 2.05) is 24.0 Å². The molecule has 0 saturated heterocycles. The molecule has 2 rings (SSSR count). The molecule has 1 aromatic carbocycles. The average molecular weight is 259 g/mol. The molecule has 4 nitrogen and oxygen atoms in total. The average Bonchev–Trinajstić information content (AvgIpc) is 2.80. The van der Waals surface area contributed by atoms with E-state index in [4.69, 9.17) is 4.74 Å². The van der Waals surface area contributed by atoms with Gasteiger partial charge >= 0.3 is 0 Å². The highest BCUT2D eigenvalue weighted by Crippen LogP contribution is 2.28. The quantitative estimate of drug-likeness (QED) is 0.897. The molecule has 102 valence electrons. The lowest BCUT2D eigenvalue weighted by Gasteiger charge is -2.10. The number of aromatic nitrogens is 2. The van der Waals surface area contributed by atoms with Crippen molar-refractivity contribution in [3.63, 3.8) is 0 Å². The van der Waals surface area contributed by atoms with Gasteiger partial charge in [-0.15, -0.1) is 0 Å². The summed E-state index contributed by atoms with van der Waals surface area (Å²) in [6.45, 7) is 5.89. The van der Waals surface area contributed by atoms with Crippen LogP contribution in [0.2, 0.25) is 0 Å². The van der Waals surface area contributed by atoms with Crippen molar-refractivity contribution in [2.24, 2.45) is 0 Å². The van der Waals surface area contributed by atoms with Crippen LogP contribution < -0.4 is 10.1 Å². The fraction of sp³-hybridized carbons (Fsp3) is 0.400. The summed E-state index contributed by atoms with van der Waals surface area (Å²) >= 11 is 0. The van der Waals surface area contributed by atoms with E-state index in [0.29, 0.717) is 0 Å². The maximum atomic E-state index is 5.38. The van der Waals surface area contributed by atoms with Gasteiger partial charge in [0, 0.05) is 29.9 Å². The van der Waals surface area contributed by atoms with Gasteiger partial charge in [-0.25, -0.2) is 0 Å². The first-order valence-corrected chi connectivity index (χ1v) is 6.55. The first-order valence-electron chi connectivity index (χ1n) is 6.55. The van der Waals surface area contributed by atoms with Gasteiger partial charge in [0.05, 0.1) is 13.3 Å². The molecule has 0 aliphatic heterocycles. The topological polar surface area (TPSA) is 39.1 Å². The minimum Gasteiger partial charge on any atom is -0.496 e. The summed E-state index contributed by atoms with van der Waals surface area (Å²) in [4.78, 5) is 0. The molecule has 0 bridgehead atoms. The van der Waals surface area contributed by atoms with E-state index >= 15 is 0 Å². The number of aryl methyl sites for hydroxylation is 1. The fourth-order valence-corrected chi connectivity index (χ4v) is 2.32. The van der Waals surface area contributed by atoms with E-state index in [1.54, 1.807) is 7.11 Å². The normalized spacial score (nSPS) is 10.7. The largest absolute Gasteiger partial charge is 0.496 e. The Kier molecular flexibility index (Phi) is 4.22. The molecule has 0 fully saturated rings. The minimum absolute atomic E-state index is 0.790. The highest BCUT2D eigenvalue weighted by molar-refractivity contribution is 5.67. The standard InChI is InChI=1S/C15H21N3O/c1-5-18-11(2)14(10-17-18)12-6-7-15(19-4)13(8-12)9-16-3/h6-8,10,16H,5,9H2,1-4H3. The molecule has 0 saturated carbocycles. The van der Waals surface area contributed by atoms with Gasteiger partial charge in [-0.05, 0) is 38.6 Å². The summed E-state index contributed by atoms with van der Waals surface area (Å²) in [7, 11) is 3.64. The van der Waals surface area contributed by atoms with Crippen molar-refractivity contribution in [2.75, 3.05) is 14.2 Å². The van der Waals surface area contributed by atoms with Gasteiger partial charge in [-0.1, -0.05) is 6.07 Å². The van der Waals surface area contributed by atoms with Gasteiger partial charge < -0.3 is 10.1 Å². The smallest absolute Gasteiger partial charge is 0.123 e. The van der Waals surface area contributed by atoms with Crippen LogP contribution in [0, 0.1) is 6.92 Å². The second kappa shape index (κ2) is 5.89. The van der Waals surface area contributed by atoms with E-state index in [9.17, 15) is 0 Å². The Morgan fingerprint density at radius 2 is 2.16 bits per heavy atom. The molecule has 2 aromatic rings. The van der Waals surface area contributed by atoms with Crippen LogP contribution in [0.25, 0.3) is 11.1 Å². The lowest BCUT2D eigenvalue weighted by atomic mass is 10.0. The van der Waals surface area contributed by atoms with Crippen molar-refractivity contribution < 1.29 is 4.74 Å². The first kappa shape index (κ1) is 13.6. The van der Waals surface area contributed by atoms with Crippen LogP contribution in [0.5, 0.6) is 5.75 Å². The van der Waals surface area contributed by atoms with E-state index in [0.717, 1.165) is 24.4 Å². The predicted molar refractivity (Wildman–Crippen MR) is 77.4 cm³/mol. The Hall–Kier alpha value is -1.81. The number of nitrogens with zero attached hydrogens (tertiary/aromatic N) is 2. The van der Waals surface area contributed by atoms with Crippen LogP contribution >= 0.6 is 0 Å². The first-order chi connectivity index (χ1) is 9.21. The Morgan fingerprint density at radius 1 is 1.37 bits per heavy atom. The van der Waals surface area contributed by atoms with Crippen molar-refractivity contribution in [2.45, 2.75) is 26.9 Å². The lowest BCUT2D eigenvalue weighted by Crippen LogP contribution is -2.06. The van der Waals surface area contributed by atoms with Crippen LogP contribution in [0.1, 0.15) is 18.2 Å². The number of hydrogen-bond acceptors (Lipinski definition) is 3. The Bertz CT molecular complexity index is 561. The highest BCUT2D eigenvalue weighted by Gasteiger charge is 2.10. The molecule has 0 amide bonds. The monoisotopic (exact) mass is 259 g/mol. The second-order valence-corrected chi connectivity index (χ2v) is 4.52. The summed E-state index contributed by atoms with van der Waals surface area (Å²) in [5, 5.41) is 7.57. The van der Waals surface area contributed by atoms with Gasteiger partial charge in [-0.3, -0.25) is 4.68 Å². The number of nitrogens with one attached hydrogen (secondary N) is 1. The van der Waals surface area contributed by atoms with Crippen LogP contribution in [-0.2, 0) is 13.1 Å². The Labute approximate surface area is 114 Å². The molecule has 0 atom stereocenters. The lowest BCUT2D eigenvalue weighted by molar-refractivity contribution is 0.408. The van der Waals surface area contributed by atoms with Crippen LogP contribution in [0.3, 0.4) is 0 Å². The van der Waals surface area contributed by atoms with Gasteiger partial charge in [0.1, 0.15) is 5.75 Å². The predicted octanol–water partition coefficient (Wildman–Crippen LogP) is 2.61. The molecule has 1 aromatic heterocycles. The Morgan fingerprint density at radius 3 is 2.74 bits per heavy atom. The minimum atomic E-state index is 0.790. The van der Waals surface area contributed by atoms with Crippen molar-refractivity contribution in [3.05, 3.63) is 35.7 Å². The van der Waals surface area contributed by atoms with Crippen LogP contribution in [0.15, 0.2) is 24.4 Å². The molecule has 0 radical (unpaired) electrons. The zero-order valence-electron chi connectivity index (χ0n) is 12.0. The van der Waals surface area contributed by atoms with Crippen molar-refractivity contribution in [1.29, 1.82) is 0 Å². The van der Waals surface area contributed by atoms with Gasteiger partial charge in [-0.2, -0.15) is 5.10 Å². The van der Waals surface area contributed by atoms with Gasteiger partial charge in [0.2, 0.25) is 0 Å². The number of rotatable bonds is 5. The third-order valence-electron chi connectivity index (χ3n) is 3.36. The van der Waals surface area contributed by atoms with Crippen LogP contribution in [-0.4, -0.2) is 23.9 Å². The van der Waals surface area contributed by atoms with E-state index < -0.39 is 0 Å². The summed E-state index contributed by atoms with van der Waals surface area (Å²) in [6, 6.07) is 6.27. The highest BCUT2D eigenvalue weighted by atomic mass is 16.5. The molecular weight excluding hydrogens is 238 g/mol. The number of hydrogen-bond donors (Lipinski definition) is 1. The number of ether oxygens (including phenoxy) is 1. The van der Waals surface area contributed by atoms with Crippen molar-refractivity contribution in [3.8, 4) is 16.9 Å². The van der Waals surface area contributed by atoms with E-state index in [2.05, 4.69) is 36.4 Å². The molecule has 0 aliphatic rings. The second-order valence-electron chi connectivity index (χ2n) is 4.52. The van der Waals surface area contributed by atoms with Gasteiger partial charge in [0.25, 0.3) is 0 Å². The number of benzene rings is 1. The summed E-state index contributed by atoms with van der Waals surface area (Å²) in [5.41, 5.74) is 4.72. The molecule has 0 unspecified atom stereocenters. The molecule has 1 heterocycles. The molecule has 0 spiro atoms. The third-order valence-corrected chi connectivity index (χ3v) is 3.36. The van der Waals surface area contributed by atoms with E-state index in [1.165, 1.54) is 16.8 Å². The van der Waals surface area contributed by atoms with Gasteiger partial charge in [0.15, 0.2) is 0 Å². The molecule has 0 aliphatic carbocycles. The zero-order chi connectivity index (χ0) is 13.8. The SMILES string of the molecule is CCn1ncc(-c2ccc(OC)c(CNC)c2)c1C. The van der Waals surface area contributed by atoms with Crippen LogP contribution in [0.4, 0.5) is 0 Å². The van der Waals surface area contributed by atoms with Crippen molar-refractivity contribution >= 4 is 0 Å². The molecule has 1 N–H and O–H groups in total. The van der Waals surface area contributed by atoms with E-state index in [-0.39, 0.29) is 0 Å². The maximum Gasteiger partial charge on any atom is 0.123 e. The number of methoxy groups -OCH3 is 1. The molecular formula is C15H21N3O. The van der Waals surface area contributed by atoms with Crippen molar-refractivity contribution in [1.82, 2.24) is 15.1 Å². The summed E-state index contributed by atoms with van der Waals surface area (Å²) < 4.78 is 7.40. The maximum absolute atomic E-state index is 5.38. The molecule has 4 heteroatoms. The molecule has 19 heavy (non-hydrogen) atoms. The Balaban J connectivity index is 2.44. The summed E-state index contributed by atoms with van der Waals surface area (Å²) in [6.07, 6.45) is 1.93. The third kappa shape index (κ3) is 2.63. The fourth-order valence-electron chi connectivity index (χ4n) is 2.32.